The molecule has 0 aliphatic carbocycles. The first-order valence-corrected chi connectivity index (χ1v) is 6.45. The van der Waals surface area contributed by atoms with Gasteiger partial charge in [0.25, 0.3) is 0 Å². The Morgan fingerprint density at radius 3 is 2.39 bits per heavy atom. The zero-order valence-electron chi connectivity index (χ0n) is 10.2. The molecule has 0 saturated carbocycles. The molecule has 1 atom stereocenters. The summed E-state index contributed by atoms with van der Waals surface area (Å²) in [6.07, 6.45) is -0.681. The van der Waals surface area contributed by atoms with Crippen molar-refractivity contribution in [2.45, 2.75) is 20.0 Å². The molecule has 0 aromatic heterocycles. The lowest BCUT2D eigenvalue weighted by molar-refractivity contribution is 0.219. The minimum absolute atomic E-state index is 0.457. The fourth-order valence-corrected chi connectivity index (χ4v) is 2.24. The molecule has 0 saturated heterocycles. The van der Waals surface area contributed by atoms with E-state index in [0.29, 0.717) is 10.0 Å². The van der Waals surface area contributed by atoms with E-state index >= 15 is 0 Å². The molecular formula is C15H14Cl2O. The minimum Gasteiger partial charge on any atom is -0.384 e. The third-order valence-corrected chi connectivity index (χ3v) is 3.94. The van der Waals surface area contributed by atoms with E-state index in [-0.39, 0.29) is 0 Å². The average Bonchev–Trinajstić information content (AvgIpc) is 2.35. The van der Waals surface area contributed by atoms with Crippen molar-refractivity contribution in [1.29, 1.82) is 0 Å². The summed E-state index contributed by atoms with van der Waals surface area (Å²) in [7, 11) is 0. The standard InChI is InChI=1S/C15H14Cl2O/c1-9-4-3-5-12(10(9)2)15(18)11-6-7-13(16)14(17)8-11/h3-8,15,18H,1-2H3. The second-order valence-corrected chi connectivity index (χ2v) is 5.18. The van der Waals surface area contributed by atoms with E-state index in [1.165, 1.54) is 0 Å². The van der Waals surface area contributed by atoms with Gasteiger partial charge in [-0.25, -0.2) is 0 Å². The zero-order valence-corrected chi connectivity index (χ0v) is 11.8. The van der Waals surface area contributed by atoms with Crippen LogP contribution in [0.4, 0.5) is 0 Å². The number of aryl methyl sites for hydroxylation is 1. The van der Waals surface area contributed by atoms with Crippen LogP contribution in [0.2, 0.25) is 10.0 Å². The van der Waals surface area contributed by atoms with Gasteiger partial charge in [0.1, 0.15) is 6.10 Å². The van der Waals surface area contributed by atoms with Crippen molar-refractivity contribution in [3.8, 4) is 0 Å². The first kappa shape index (κ1) is 13.4. The topological polar surface area (TPSA) is 20.2 Å². The van der Waals surface area contributed by atoms with Gasteiger partial charge in [0.15, 0.2) is 0 Å². The number of hydrogen-bond donors (Lipinski definition) is 1. The summed E-state index contributed by atoms with van der Waals surface area (Å²) in [5, 5.41) is 11.4. The van der Waals surface area contributed by atoms with Gasteiger partial charge in [-0.3, -0.25) is 0 Å². The highest BCUT2D eigenvalue weighted by atomic mass is 35.5. The smallest absolute Gasteiger partial charge is 0.104 e. The predicted molar refractivity (Wildman–Crippen MR) is 76.4 cm³/mol. The first-order chi connectivity index (χ1) is 8.50. The average molecular weight is 281 g/mol. The summed E-state index contributed by atoms with van der Waals surface area (Å²) >= 11 is 11.8. The van der Waals surface area contributed by atoms with Gasteiger partial charge in [-0.05, 0) is 48.2 Å². The van der Waals surface area contributed by atoms with Gasteiger partial charge in [0, 0.05) is 0 Å². The Hall–Kier alpha value is -1.02. The third kappa shape index (κ3) is 2.54. The minimum atomic E-state index is -0.681. The van der Waals surface area contributed by atoms with Crippen LogP contribution in [0.1, 0.15) is 28.4 Å². The first-order valence-electron chi connectivity index (χ1n) is 5.70. The van der Waals surface area contributed by atoms with Gasteiger partial charge >= 0.3 is 0 Å². The lowest BCUT2D eigenvalue weighted by Gasteiger charge is -2.16. The Balaban J connectivity index is 2.44. The largest absolute Gasteiger partial charge is 0.384 e. The molecule has 0 spiro atoms. The molecule has 0 aliphatic heterocycles. The van der Waals surface area contributed by atoms with Crippen molar-refractivity contribution < 1.29 is 5.11 Å². The highest BCUT2D eigenvalue weighted by Crippen LogP contribution is 2.30. The van der Waals surface area contributed by atoms with Crippen LogP contribution in [0.5, 0.6) is 0 Å². The SMILES string of the molecule is Cc1cccc(C(O)c2ccc(Cl)c(Cl)c2)c1C. The van der Waals surface area contributed by atoms with E-state index < -0.39 is 6.10 Å². The van der Waals surface area contributed by atoms with Crippen molar-refractivity contribution in [3.63, 3.8) is 0 Å². The van der Waals surface area contributed by atoms with Gasteiger partial charge in [0.2, 0.25) is 0 Å². The van der Waals surface area contributed by atoms with Crippen LogP contribution in [0.25, 0.3) is 0 Å². The van der Waals surface area contributed by atoms with Gasteiger partial charge in [-0.1, -0.05) is 47.5 Å². The Kier molecular flexibility index (Phi) is 3.96. The van der Waals surface area contributed by atoms with Gasteiger partial charge in [-0.15, -0.1) is 0 Å². The third-order valence-electron chi connectivity index (χ3n) is 3.20. The van der Waals surface area contributed by atoms with Crippen molar-refractivity contribution in [3.05, 3.63) is 68.7 Å². The van der Waals surface area contributed by atoms with Crippen LogP contribution in [-0.4, -0.2) is 5.11 Å². The molecule has 3 heteroatoms. The maximum atomic E-state index is 10.4. The highest BCUT2D eigenvalue weighted by molar-refractivity contribution is 6.42. The molecule has 2 aromatic carbocycles. The molecule has 0 amide bonds. The van der Waals surface area contributed by atoms with E-state index in [0.717, 1.165) is 22.3 Å². The van der Waals surface area contributed by atoms with Gasteiger partial charge in [0.05, 0.1) is 10.0 Å². The maximum absolute atomic E-state index is 10.4. The monoisotopic (exact) mass is 280 g/mol. The predicted octanol–water partition coefficient (Wildman–Crippen LogP) is 4.69. The Bertz CT molecular complexity index is 579. The van der Waals surface area contributed by atoms with E-state index in [9.17, 15) is 5.11 Å². The molecular weight excluding hydrogens is 267 g/mol. The van der Waals surface area contributed by atoms with E-state index in [1.807, 2.05) is 32.0 Å². The van der Waals surface area contributed by atoms with Gasteiger partial charge < -0.3 is 5.11 Å². The van der Waals surface area contributed by atoms with E-state index in [1.54, 1.807) is 18.2 Å². The normalized spacial score (nSPS) is 12.5. The van der Waals surface area contributed by atoms with Crippen LogP contribution in [0, 0.1) is 13.8 Å². The van der Waals surface area contributed by atoms with Crippen molar-refractivity contribution in [1.82, 2.24) is 0 Å². The van der Waals surface area contributed by atoms with Crippen LogP contribution in [-0.2, 0) is 0 Å². The molecule has 1 unspecified atom stereocenters. The number of hydrogen-bond acceptors (Lipinski definition) is 1. The lowest BCUT2D eigenvalue weighted by atomic mass is 9.95. The van der Waals surface area contributed by atoms with Crippen LogP contribution in [0.3, 0.4) is 0 Å². The molecule has 1 nitrogen and oxygen atoms in total. The quantitative estimate of drug-likeness (QED) is 0.846. The van der Waals surface area contributed by atoms with Gasteiger partial charge in [-0.2, -0.15) is 0 Å². The van der Waals surface area contributed by atoms with E-state index in [4.69, 9.17) is 23.2 Å². The summed E-state index contributed by atoms with van der Waals surface area (Å²) in [6.45, 7) is 4.03. The highest BCUT2D eigenvalue weighted by Gasteiger charge is 2.14. The van der Waals surface area contributed by atoms with Crippen molar-refractivity contribution >= 4 is 23.2 Å². The number of benzene rings is 2. The van der Waals surface area contributed by atoms with E-state index in [2.05, 4.69) is 0 Å². The second-order valence-electron chi connectivity index (χ2n) is 4.37. The molecule has 0 aliphatic rings. The summed E-state index contributed by atoms with van der Waals surface area (Å²) in [4.78, 5) is 0. The second kappa shape index (κ2) is 5.31. The molecule has 94 valence electrons. The lowest BCUT2D eigenvalue weighted by Crippen LogP contribution is -2.03. The molecule has 18 heavy (non-hydrogen) atoms. The molecule has 2 rings (SSSR count). The summed E-state index contributed by atoms with van der Waals surface area (Å²) in [6, 6.07) is 11.1. The van der Waals surface area contributed by atoms with Crippen molar-refractivity contribution in [2.75, 3.05) is 0 Å². The van der Waals surface area contributed by atoms with Crippen LogP contribution in [0.15, 0.2) is 36.4 Å². The number of halogens is 2. The number of aliphatic hydroxyl groups excluding tert-OH is 1. The zero-order chi connectivity index (χ0) is 13.3. The molecule has 0 radical (unpaired) electrons. The Morgan fingerprint density at radius 2 is 1.72 bits per heavy atom. The summed E-state index contributed by atoms with van der Waals surface area (Å²) in [5.41, 5.74) is 3.90. The number of aliphatic hydroxyl groups is 1. The Morgan fingerprint density at radius 1 is 1.00 bits per heavy atom. The molecule has 2 aromatic rings. The maximum Gasteiger partial charge on any atom is 0.104 e. The fraction of sp³-hybridized carbons (Fsp3) is 0.200. The molecule has 0 heterocycles. The molecule has 1 N–H and O–H groups in total. The van der Waals surface area contributed by atoms with Crippen molar-refractivity contribution in [2.24, 2.45) is 0 Å². The molecule has 0 fully saturated rings. The van der Waals surface area contributed by atoms with Crippen LogP contribution < -0.4 is 0 Å². The number of rotatable bonds is 2. The Labute approximate surface area is 117 Å². The summed E-state index contributed by atoms with van der Waals surface area (Å²) < 4.78 is 0. The summed E-state index contributed by atoms with van der Waals surface area (Å²) in [5.74, 6) is 0. The molecule has 0 bridgehead atoms. The van der Waals surface area contributed by atoms with Crippen LogP contribution >= 0.6 is 23.2 Å². The fourth-order valence-electron chi connectivity index (χ4n) is 1.93.